The number of rotatable bonds is 6. The summed E-state index contributed by atoms with van der Waals surface area (Å²) in [5, 5.41) is 8.69. The predicted octanol–water partition coefficient (Wildman–Crippen LogP) is 3.94. The highest BCUT2D eigenvalue weighted by molar-refractivity contribution is 5.71. The second-order valence-corrected chi connectivity index (χ2v) is 5.57. The summed E-state index contributed by atoms with van der Waals surface area (Å²) in [5.41, 5.74) is 1.28. The molecule has 0 radical (unpaired) electrons. The lowest BCUT2D eigenvalue weighted by Crippen LogP contribution is -2.33. The summed E-state index contributed by atoms with van der Waals surface area (Å²) < 4.78 is 19.5. The van der Waals surface area contributed by atoms with E-state index in [1.165, 1.54) is 11.0 Å². The standard InChI is InChI=1S/C18H18FNO4/c19-15-9-5-4-8-14(15)16(10-11-24-22)20-17(12-23-18(20)21)13-6-2-1-3-7-13/h1-9,16-17,22H,10-12H2/t16?,17-/m1/s1. The number of carbonyl (C=O) groups is 1. The molecule has 1 aliphatic heterocycles. The topological polar surface area (TPSA) is 59.0 Å². The van der Waals surface area contributed by atoms with Crippen LogP contribution < -0.4 is 0 Å². The van der Waals surface area contributed by atoms with Gasteiger partial charge in [-0.15, -0.1) is 0 Å². The zero-order chi connectivity index (χ0) is 16.9. The van der Waals surface area contributed by atoms with E-state index in [2.05, 4.69) is 4.89 Å². The molecule has 0 aliphatic carbocycles. The molecule has 24 heavy (non-hydrogen) atoms. The van der Waals surface area contributed by atoms with Gasteiger partial charge >= 0.3 is 6.09 Å². The highest BCUT2D eigenvalue weighted by Crippen LogP contribution is 2.38. The quantitative estimate of drug-likeness (QED) is 0.643. The van der Waals surface area contributed by atoms with E-state index in [-0.39, 0.29) is 25.7 Å². The van der Waals surface area contributed by atoms with Gasteiger partial charge in [0.1, 0.15) is 12.4 Å². The van der Waals surface area contributed by atoms with Gasteiger partial charge in [-0.1, -0.05) is 48.5 Å². The van der Waals surface area contributed by atoms with Crippen LogP contribution in [-0.4, -0.2) is 29.5 Å². The summed E-state index contributed by atoms with van der Waals surface area (Å²) in [6.45, 7) is 0.179. The van der Waals surface area contributed by atoms with Gasteiger partial charge in [-0.25, -0.2) is 14.1 Å². The van der Waals surface area contributed by atoms with Crippen molar-refractivity contribution in [3.8, 4) is 0 Å². The van der Waals surface area contributed by atoms with Crippen LogP contribution in [-0.2, 0) is 9.62 Å². The maximum Gasteiger partial charge on any atom is 0.411 e. The van der Waals surface area contributed by atoms with Crippen molar-refractivity contribution in [3.05, 3.63) is 71.5 Å². The van der Waals surface area contributed by atoms with Gasteiger partial charge in [0.15, 0.2) is 0 Å². The van der Waals surface area contributed by atoms with Gasteiger partial charge in [-0.05, 0) is 18.1 Å². The van der Waals surface area contributed by atoms with Crippen molar-refractivity contribution < 1.29 is 24.1 Å². The number of halogens is 1. The first kappa shape index (κ1) is 16.4. The maximum absolute atomic E-state index is 14.3. The highest BCUT2D eigenvalue weighted by atomic mass is 19.1. The minimum atomic E-state index is -0.599. The van der Waals surface area contributed by atoms with Gasteiger partial charge in [0.2, 0.25) is 0 Å². The molecule has 126 valence electrons. The molecule has 0 aromatic heterocycles. The third-order valence-electron chi connectivity index (χ3n) is 4.18. The van der Waals surface area contributed by atoms with Crippen molar-refractivity contribution in [2.24, 2.45) is 0 Å². The molecule has 2 aromatic rings. The first-order chi connectivity index (χ1) is 11.7. The number of carbonyl (C=O) groups excluding carboxylic acids is 1. The highest BCUT2D eigenvalue weighted by Gasteiger charge is 2.40. The lowest BCUT2D eigenvalue weighted by atomic mass is 9.98. The fraction of sp³-hybridized carbons (Fsp3) is 0.278. The number of hydrogen-bond acceptors (Lipinski definition) is 4. The van der Waals surface area contributed by atoms with Crippen LogP contribution >= 0.6 is 0 Å². The smallest absolute Gasteiger partial charge is 0.411 e. The van der Waals surface area contributed by atoms with E-state index < -0.39 is 18.0 Å². The van der Waals surface area contributed by atoms with Crippen LogP contribution in [0.1, 0.15) is 29.6 Å². The summed E-state index contributed by atoms with van der Waals surface area (Å²) in [7, 11) is 0. The van der Waals surface area contributed by atoms with E-state index >= 15 is 0 Å². The molecular weight excluding hydrogens is 313 g/mol. The Morgan fingerprint density at radius 2 is 1.92 bits per heavy atom. The van der Waals surface area contributed by atoms with E-state index in [4.69, 9.17) is 9.99 Å². The van der Waals surface area contributed by atoms with Crippen molar-refractivity contribution >= 4 is 6.09 Å². The van der Waals surface area contributed by atoms with E-state index in [9.17, 15) is 9.18 Å². The molecule has 1 saturated heterocycles. The summed E-state index contributed by atoms with van der Waals surface area (Å²) in [6, 6.07) is 14.8. The fourth-order valence-electron chi connectivity index (χ4n) is 3.06. The Morgan fingerprint density at radius 3 is 2.62 bits per heavy atom. The Morgan fingerprint density at radius 1 is 1.21 bits per heavy atom. The second-order valence-electron chi connectivity index (χ2n) is 5.57. The van der Waals surface area contributed by atoms with E-state index in [1.807, 2.05) is 30.3 Å². The minimum absolute atomic E-state index is 0.0235. The van der Waals surface area contributed by atoms with Gasteiger partial charge < -0.3 is 4.74 Å². The van der Waals surface area contributed by atoms with Crippen LogP contribution in [0.4, 0.5) is 9.18 Å². The van der Waals surface area contributed by atoms with Crippen LogP contribution in [0.5, 0.6) is 0 Å². The molecule has 1 amide bonds. The van der Waals surface area contributed by atoms with Gasteiger partial charge in [-0.3, -0.25) is 10.2 Å². The Hall–Kier alpha value is -2.44. The molecule has 1 N–H and O–H groups in total. The summed E-state index contributed by atoms with van der Waals surface area (Å²) >= 11 is 0. The van der Waals surface area contributed by atoms with E-state index in [1.54, 1.807) is 18.2 Å². The first-order valence-corrected chi connectivity index (χ1v) is 7.73. The zero-order valence-corrected chi connectivity index (χ0v) is 13.0. The maximum atomic E-state index is 14.3. The molecule has 6 heteroatoms. The molecule has 5 nitrogen and oxygen atoms in total. The SMILES string of the molecule is O=C1OC[C@H](c2ccccc2)N1C(CCOO)c1ccccc1F. The Balaban J connectivity index is 1.98. The van der Waals surface area contributed by atoms with Crippen LogP contribution in [0.2, 0.25) is 0 Å². The van der Waals surface area contributed by atoms with Gasteiger partial charge in [-0.2, -0.15) is 0 Å². The second kappa shape index (κ2) is 7.42. The van der Waals surface area contributed by atoms with Crippen molar-refractivity contribution in [1.82, 2.24) is 4.90 Å². The normalized spacial score (nSPS) is 18.5. The number of hydrogen-bond donors (Lipinski definition) is 1. The van der Waals surface area contributed by atoms with Crippen molar-refractivity contribution in [2.45, 2.75) is 18.5 Å². The molecule has 3 rings (SSSR count). The molecule has 1 fully saturated rings. The molecule has 0 spiro atoms. The van der Waals surface area contributed by atoms with Gasteiger partial charge in [0, 0.05) is 5.56 Å². The molecular formula is C18H18FNO4. The molecule has 0 bridgehead atoms. The number of ether oxygens (including phenoxy) is 1. The summed E-state index contributed by atoms with van der Waals surface area (Å²) in [5.74, 6) is -0.410. The zero-order valence-electron chi connectivity index (χ0n) is 13.0. The Kier molecular flexibility index (Phi) is 5.08. The predicted molar refractivity (Wildman–Crippen MR) is 84.7 cm³/mol. The van der Waals surface area contributed by atoms with Crippen molar-refractivity contribution in [3.63, 3.8) is 0 Å². The molecule has 2 atom stereocenters. The van der Waals surface area contributed by atoms with Crippen LogP contribution in [0, 0.1) is 5.82 Å². The molecule has 1 heterocycles. The Bertz CT molecular complexity index is 694. The van der Waals surface area contributed by atoms with Crippen LogP contribution in [0.25, 0.3) is 0 Å². The van der Waals surface area contributed by atoms with Gasteiger partial charge in [0.05, 0.1) is 18.7 Å². The molecule has 0 saturated carbocycles. The van der Waals surface area contributed by atoms with Gasteiger partial charge in [0.25, 0.3) is 0 Å². The Labute approximate surface area is 139 Å². The number of amides is 1. The average Bonchev–Trinajstić information content (AvgIpc) is 2.99. The number of cyclic esters (lactones) is 1. The summed E-state index contributed by atoms with van der Waals surface area (Å²) in [4.78, 5) is 18.0. The molecule has 2 aromatic carbocycles. The van der Waals surface area contributed by atoms with E-state index in [0.29, 0.717) is 5.56 Å². The molecule has 1 aliphatic rings. The number of benzene rings is 2. The average molecular weight is 331 g/mol. The van der Waals surface area contributed by atoms with Crippen molar-refractivity contribution in [2.75, 3.05) is 13.2 Å². The molecule has 1 unspecified atom stereocenters. The van der Waals surface area contributed by atoms with Crippen LogP contribution in [0.15, 0.2) is 54.6 Å². The van der Waals surface area contributed by atoms with Crippen molar-refractivity contribution in [1.29, 1.82) is 0 Å². The number of nitrogens with zero attached hydrogens (tertiary/aromatic N) is 1. The first-order valence-electron chi connectivity index (χ1n) is 7.73. The largest absolute Gasteiger partial charge is 0.447 e. The lowest BCUT2D eigenvalue weighted by Gasteiger charge is -2.31. The third-order valence-corrected chi connectivity index (χ3v) is 4.18. The summed E-state index contributed by atoms with van der Waals surface area (Å²) in [6.07, 6.45) is -0.259. The van der Waals surface area contributed by atoms with E-state index in [0.717, 1.165) is 5.56 Å². The van der Waals surface area contributed by atoms with Crippen LogP contribution in [0.3, 0.4) is 0 Å². The monoisotopic (exact) mass is 331 g/mol. The fourth-order valence-corrected chi connectivity index (χ4v) is 3.06. The minimum Gasteiger partial charge on any atom is -0.447 e. The third kappa shape index (κ3) is 3.25. The lowest BCUT2D eigenvalue weighted by molar-refractivity contribution is -0.244.